The highest BCUT2D eigenvalue weighted by molar-refractivity contribution is 6.31. The zero-order valence-electron chi connectivity index (χ0n) is 15.5. The molecule has 0 spiro atoms. The van der Waals surface area contributed by atoms with E-state index in [0.717, 1.165) is 11.3 Å². The van der Waals surface area contributed by atoms with Crippen LogP contribution in [0.5, 0.6) is 0 Å². The highest BCUT2D eigenvalue weighted by Crippen LogP contribution is 2.37. The van der Waals surface area contributed by atoms with E-state index in [0.29, 0.717) is 28.1 Å². The summed E-state index contributed by atoms with van der Waals surface area (Å²) in [6.07, 6.45) is 0. The molecule has 4 nitrogen and oxygen atoms in total. The number of nitrogens with two attached hydrogens (primary N) is 1. The summed E-state index contributed by atoms with van der Waals surface area (Å²) in [4.78, 5) is 26.2. The highest BCUT2D eigenvalue weighted by atomic mass is 16.1. The molecule has 0 radical (unpaired) electrons. The normalized spacial score (nSPS) is 12.6. The fraction of sp³-hybridized carbons (Fsp3) is 0.130. The van der Waals surface area contributed by atoms with Gasteiger partial charge in [-0.15, -0.1) is 0 Å². The minimum Gasteiger partial charge on any atom is -0.398 e. The average Bonchev–Trinajstić information content (AvgIpc) is 2.67. The number of hydrogen-bond acceptors (Lipinski definition) is 4. The van der Waals surface area contributed by atoms with E-state index in [-0.39, 0.29) is 17.1 Å². The van der Waals surface area contributed by atoms with E-state index in [9.17, 15) is 9.59 Å². The second-order valence-corrected chi connectivity index (χ2v) is 6.96. The lowest BCUT2D eigenvalue weighted by molar-refractivity contribution is 0.0980. The van der Waals surface area contributed by atoms with Crippen molar-refractivity contribution in [3.63, 3.8) is 0 Å². The van der Waals surface area contributed by atoms with Crippen LogP contribution in [0.2, 0.25) is 0 Å². The van der Waals surface area contributed by atoms with Crippen molar-refractivity contribution in [1.82, 2.24) is 0 Å². The van der Waals surface area contributed by atoms with Crippen LogP contribution in [0.4, 0.5) is 17.1 Å². The lowest BCUT2D eigenvalue weighted by Gasteiger charge is -2.23. The van der Waals surface area contributed by atoms with Crippen LogP contribution in [-0.2, 0) is 0 Å². The molecule has 0 saturated heterocycles. The van der Waals surface area contributed by atoms with Crippen molar-refractivity contribution in [1.29, 1.82) is 0 Å². The Kier molecular flexibility index (Phi) is 3.84. The van der Waals surface area contributed by atoms with Crippen molar-refractivity contribution in [3.05, 3.63) is 87.5 Å². The molecule has 0 heterocycles. The smallest absolute Gasteiger partial charge is 0.196 e. The van der Waals surface area contributed by atoms with Gasteiger partial charge in [0.15, 0.2) is 11.6 Å². The number of nitrogen functional groups attached to an aromatic ring is 1. The molecule has 1 aliphatic rings. The number of carbonyl (C=O) groups excluding carboxylic acids is 2. The van der Waals surface area contributed by atoms with E-state index < -0.39 is 0 Å². The molecule has 134 valence electrons. The molecule has 0 bridgehead atoms. The number of aryl methyl sites for hydroxylation is 1. The van der Waals surface area contributed by atoms with Gasteiger partial charge in [0.05, 0.1) is 16.8 Å². The van der Waals surface area contributed by atoms with Crippen molar-refractivity contribution < 1.29 is 9.59 Å². The Morgan fingerprint density at radius 3 is 1.96 bits per heavy atom. The number of carbonyl (C=O) groups is 2. The van der Waals surface area contributed by atoms with E-state index in [1.807, 2.05) is 19.1 Å². The summed E-state index contributed by atoms with van der Waals surface area (Å²) in [6.45, 7) is 6.17. The monoisotopic (exact) mass is 356 g/mol. The minimum atomic E-state index is -0.210. The molecule has 0 saturated carbocycles. The van der Waals surface area contributed by atoms with Crippen LogP contribution in [0.1, 0.15) is 48.5 Å². The number of rotatable bonds is 2. The lowest BCUT2D eigenvalue weighted by atomic mass is 9.82. The Labute approximate surface area is 158 Å². The first-order chi connectivity index (χ1) is 12.9. The van der Waals surface area contributed by atoms with Gasteiger partial charge in [0, 0.05) is 22.5 Å². The van der Waals surface area contributed by atoms with Gasteiger partial charge in [-0.25, -0.2) is 0 Å². The van der Waals surface area contributed by atoms with Crippen LogP contribution in [0.15, 0.2) is 48.5 Å². The lowest BCUT2D eigenvalue weighted by Crippen LogP contribution is -2.23. The molecule has 0 unspecified atom stereocenters. The molecule has 3 aromatic carbocycles. The summed E-state index contributed by atoms with van der Waals surface area (Å²) in [5.74, 6) is -0.394. The third-order valence-corrected chi connectivity index (χ3v) is 5.44. The maximum atomic E-state index is 13.2. The Hall–Kier alpha value is -3.40. The second-order valence-electron chi connectivity index (χ2n) is 6.96. The van der Waals surface area contributed by atoms with Gasteiger partial charge >= 0.3 is 0 Å². The van der Waals surface area contributed by atoms with Gasteiger partial charge in [-0.05, 0) is 55.7 Å². The first kappa shape index (κ1) is 17.0. The fourth-order valence-electron chi connectivity index (χ4n) is 3.59. The number of fused-ring (bicyclic) bond motifs is 2. The van der Waals surface area contributed by atoms with Crippen molar-refractivity contribution in [2.45, 2.75) is 20.8 Å². The maximum absolute atomic E-state index is 13.2. The van der Waals surface area contributed by atoms with Gasteiger partial charge in [0.2, 0.25) is 0 Å². The van der Waals surface area contributed by atoms with Gasteiger partial charge in [0.1, 0.15) is 0 Å². The highest BCUT2D eigenvalue weighted by Gasteiger charge is 2.33. The standard InChI is InChI=1S/C23H20N2O2/c1-12-8-10-18(14(3)13(12)2)25-19-11-9-17(24)20-21(19)23(27)16-7-5-4-6-15(16)22(20)26/h4-11,25H,24H2,1-3H3. The Morgan fingerprint density at radius 2 is 1.30 bits per heavy atom. The first-order valence-corrected chi connectivity index (χ1v) is 8.85. The van der Waals surface area contributed by atoms with Crippen LogP contribution in [0, 0.1) is 20.8 Å². The predicted molar refractivity (Wildman–Crippen MR) is 108 cm³/mol. The zero-order valence-corrected chi connectivity index (χ0v) is 15.5. The number of anilines is 3. The topological polar surface area (TPSA) is 72.2 Å². The van der Waals surface area contributed by atoms with Crippen LogP contribution >= 0.6 is 0 Å². The van der Waals surface area contributed by atoms with E-state index in [2.05, 4.69) is 19.2 Å². The summed E-state index contributed by atoms with van der Waals surface area (Å²) < 4.78 is 0. The third kappa shape index (κ3) is 2.53. The number of ketones is 2. The fourth-order valence-corrected chi connectivity index (χ4v) is 3.59. The molecule has 0 amide bonds. The number of hydrogen-bond donors (Lipinski definition) is 2. The van der Waals surface area contributed by atoms with E-state index in [1.165, 1.54) is 11.1 Å². The van der Waals surface area contributed by atoms with Crippen molar-refractivity contribution in [2.24, 2.45) is 0 Å². The molecule has 0 atom stereocenters. The SMILES string of the molecule is Cc1ccc(Nc2ccc(N)c3c2C(=O)c2ccccc2C3=O)c(C)c1C. The summed E-state index contributed by atoms with van der Waals surface area (Å²) in [6, 6.07) is 14.4. The number of benzene rings is 3. The van der Waals surface area contributed by atoms with Crippen molar-refractivity contribution in [2.75, 3.05) is 11.1 Å². The molecular weight excluding hydrogens is 336 g/mol. The molecule has 4 rings (SSSR count). The van der Waals surface area contributed by atoms with Crippen molar-refractivity contribution in [3.8, 4) is 0 Å². The summed E-state index contributed by atoms with van der Waals surface area (Å²) >= 11 is 0. The quantitative estimate of drug-likeness (QED) is 0.510. The van der Waals surface area contributed by atoms with E-state index >= 15 is 0 Å². The molecule has 3 aromatic rings. The predicted octanol–water partition coefficient (Wildman–Crippen LogP) is 4.71. The van der Waals surface area contributed by atoms with Gasteiger partial charge in [-0.3, -0.25) is 9.59 Å². The number of nitrogens with one attached hydrogen (secondary N) is 1. The van der Waals surface area contributed by atoms with Crippen LogP contribution < -0.4 is 11.1 Å². The van der Waals surface area contributed by atoms with Crippen LogP contribution in [0.3, 0.4) is 0 Å². The maximum Gasteiger partial charge on any atom is 0.196 e. The van der Waals surface area contributed by atoms with Crippen LogP contribution in [-0.4, -0.2) is 11.6 Å². The molecule has 3 N–H and O–H groups in total. The summed E-state index contributed by atoms with van der Waals surface area (Å²) in [5, 5.41) is 3.35. The van der Waals surface area contributed by atoms with Crippen LogP contribution in [0.25, 0.3) is 0 Å². The van der Waals surface area contributed by atoms with E-state index in [1.54, 1.807) is 36.4 Å². The van der Waals surface area contributed by atoms with Crippen molar-refractivity contribution >= 4 is 28.6 Å². The Balaban J connectivity index is 1.90. The second kappa shape index (κ2) is 6.09. The molecule has 27 heavy (non-hydrogen) atoms. The van der Waals surface area contributed by atoms with Gasteiger partial charge < -0.3 is 11.1 Å². The van der Waals surface area contributed by atoms with Gasteiger partial charge in [0.25, 0.3) is 0 Å². The van der Waals surface area contributed by atoms with Gasteiger partial charge in [-0.2, -0.15) is 0 Å². The summed E-state index contributed by atoms with van der Waals surface area (Å²) in [7, 11) is 0. The minimum absolute atomic E-state index is 0.184. The zero-order chi connectivity index (χ0) is 19.3. The third-order valence-electron chi connectivity index (χ3n) is 5.44. The molecule has 1 aliphatic carbocycles. The molecule has 0 aromatic heterocycles. The molecule has 4 heteroatoms. The van der Waals surface area contributed by atoms with E-state index in [4.69, 9.17) is 5.73 Å². The largest absolute Gasteiger partial charge is 0.398 e. The Bertz CT molecular complexity index is 1130. The first-order valence-electron chi connectivity index (χ1n) is 8.85. The average molecular weight is 356 g/mol. The van der Waals surface area contributed by atoms with Gasteiger partial charge in [-0.1, -0.05) is 30.3 Å². The summed E-state index contributed by atoms with van der Waals surface area (Å²) in [5.41, 5.74) is 12.9. The Morgan fingerprint density at radius 1 is 0.704 bits per heavy atom. The molecule has 0 fully saturated rings. The molecular formula is C23H20N2O2. The molecule has 0 aliphatic heterocycles.